The average molecular weight is 349 g/mol. The van der Waals surface area contributed by atoms with Gasteiger partial charge in [0, 0.05) is 11.0 Å². The van der Waals surface area contributed by atoms with Crippen LogP contribution in [0.1, 0.15) is 24.1 Å². The van der Waals surface area contributed by atoms with E-state index >= 15 is 0 Å². The van der Waals surface area contributed by atoms with Crippen LogP contribution in [-0.4, -0.2) is 5.11 Å². The maximum Gasteiger partial charge on any atom is 0.167 e. The number of hydrogen-bond acceptors (Lipinski definition) is 1. The van der Waals surface area contributed by atoms with Crippen molar-refractivity contribution in [1.29, 1.82) is 0 Å². The Balaban J connectivity index is 1.83. The molecule has 0 saturated heterocycles. The van der Waals surface area contributed by atoms with Crippen molar-refractivity contribution in [2.75, 3.05) is 0 Å². The molecule has 0 radical (unpaired) electrons. The van der Waals surface area contributed by atoms with Crippen molar-refractivity contribution in [3.05, 3.63) is 70.2 Å². The Morgan fingerprint density at radius 2 is 1.75 bits per heavy atom. The molecule has 2 aromatic carbocycles. The second-order valence-corrected chi connectivity index (χ2v) is 5.91. The second kappa shape index (κ2) is 7.41. The van der Waals surface area contributed by atoms with Crippen molar-refractivity contribution in [3.63, 3.8) is 0 Å². The lowest BCUT2D eigenvalue weighted by molar-refractivity contribution is 0.697. The molecule has 0 fully saturated rings. The highest BCUT2D eigenvalue weighted by molar-refractivity contribution is 9.10. The van der Waals surface area contributed by atoms with Gasteiger partial charge in [0.15, 0.2) is 5.11 Å². The largest absolute Gasteiger partial charge is 0.359 e. The van der Waals surface area contributed by atoms with Gasteiger partial charge in [-0.3, -0.25) is 0 Å². The lowest BCUT2D eigenvalue weighted by Gasteiger charge is -2.17. The van der Waals surface area contributed by atoms with Crippen molar-refractivity contribution >= 4 is 33.3 Å². The molecule has 2 N–H and O–H groups in total. The molecule has 4 heteroatoms. The van der Waals surface area contributed by atoms with Crippen molar-refractivity contribution in [1.82, 2.24) is 10.6 Å². The van der Waals surface area contributed by atoms with E-state index in [2.05, 4.69) is 57.8 Å². The number of hydrogen-bond donors (Lipinski definition) is 2. The quantitative estimate of drug-likeness (QED) is 0.810. The second-order valence-electron chi connectivity index (χ2n) is 4.59. The third-order valence-corrected chi connectivity index (χ3v) is 3.80. The summed E-state index contributed by atoms with van der Waals surface area (Å²) in [7, 11) is 0. The van der Waals surface area contributed by atoms with Crippen LogP contribution in [0.3, 0.4) is 0 Å². The first-order valence-electron chi connectivity index (χ1n) is 6.49. The third-order valence-electron chi connectivity index (χ3n) is 3.01. The zero-order chi connectivity index (χ0) is 14.4. The molecule has 104 valence electrons. The molecule has 0 spiro atoms. The highest BCUT2D eigenvalue weighted by Crippen LogP contribution is 2.16. The molecule has 0 aliphatic heterocycles. The summed E-state index contributed by atoms with van der Waals surface area (Å²) in [5.74, 6) is 0. The predicted octanol–water partition coefficient (Wildman–Crippen LogP) is 4.17. The highest BCUT2D eigenvalue weighted by Gasteiger charge is 2.06. The summed E-state index contributed by atoms with van der Waals surface area (Å²) in [4.78, 5) is 0. The van der Waals surface area contributed by atoms with Crippen LogP contribution in [0.15, 0.2) is 59.1 Å². The molecular formula is C16H17BrN2S. The summed E-state index contributed by atoms with van der Waals surface area (Å²) in [6.45, 7) is 2.83. The minimum absolute atomic E-state index is 0.180. The molecule has 1 atom stereocenters. The molecule has 0 unspecified atom stereocenters. The van der Waals surface area contributed by atoms with E-state index in [1.54, 1.807) is 0 Å². The fourth-order valence-corrected chi connectivity index (χ4v) is 2.37. The molecule has 0 amide bonds. The van der Waals surface area contributed by atoms with E-state index in [9.17, 15) is 0 Å². The van der Waals surface area contributed by atoms with Crippen LogP contribution in [0.2, 0.25) is 0 Å². The van der Waals surface area contributed by atoms with Gasteiger partial charge in [-0.2, -0.15) is 0 Å². The smallest absolute Gasteiger partial charge is 0.167 e. The Morgan fingerprint density at radius 3 is 2.40 bits per heavy atom. The van der Waals surface area contributed by atoms with Gasteiger partial charge in [-0.05, 0) is 42.4 Å². The van der Waals surface area contributed by atoms with Crippen LogP contribution in [0, 0.1) is 0 Å². The van der Waals surface area contributed by atoms with E-state index in [0.29, 0.717) is 5.11 Å². The first-order valence-corrected chi connectivity index (χ1v) is 7.69. The number of rotatable bonds is 4. The monoisotopic (exact) mass is 348 g/mol. The van der Waals surface area contributed by atoms with Gasteiger partial charge in [0.1, 0.15) is 0 Å². The van der Waals surface area contributed by atoms with Crippen LogP contribution in [0.4, 0.5) is 0 Å². The summed E-state index contributed by atoms with van der Waals surface area (Å²) < 4.78 is 1.08. The van der Waals surface area contributed by atoms with E-state index < -0.39 is 0 Å². The topological polar surface area (TPSA) is 24.1 Å². The summed E-state index contributed by atoms with van der Waals surface area (Å²) in [5, 5.41) is 7.18. The zero-order valence-corrected chi connectivity index (χ0v) is 13.7. The Hall–Kier alpha value is -1.39. The van der Waals surface area contributed by atoms with Gasteiger partial charge in [-0.15, -0.1) is 0 Å². The van der Waals surface area contributed by atoms with Crippen LogP contribution in [-0.2, 0) is 6.54 Å². The zero-order valence-electron chi connectivity index (χ0n) is 11.3. The Bertz CT molecular complexity index is 554. The lowest BCUT2D eigenvalue weighted by Crippen LogP contribution is -2.36. The summed E-state index contributed by atoms with van der Waals surface area (Å²) in [5.41, 5.74) is 2.42. The molecule has 0 aliphatic rings. The number of thiocarbonyl (C=S) groups is 1. The minimum Gasteiger partial charge on any atom is -0.359 e. The van der Waals surface area contributed by atoms with E-state index in [1.165, 1.54) is 11.1 Å². The van der Waals surface area contributed by atoms with Gasteiger partial charge in [0.25, 0.3) is 0 Å². The van der Waals surface area contributed by atoms with E-state index in [4.69, 9.17) is 12.2 Å². The third kappa shape index (κ3) is 4.62. The number of halogens is 1. The maximum atomic E-state index is 5.32. The molecule has 0 saturated carbocycles. The van der Waals surface area contributed by atoms with Gasteiger partial charge in [0.05, 0.1) is 6.04 Å². The van der Waals surface area contributed by atoms with Crippen LogP contribution in [0.25, 0.3) is 0 Å². The molecule has 0 aromatic heterocycles. The molecule has 2 aromatic rings. The fourth-order valence-electron chi connectivity index (χ4n) is 1.86. The van der Waals surface area contributed by atoms with Crippen molar-refractivity contribution < 1.29 is 0 Å². The molecule has 2 nitrogen and oxygen atoms in total. The Labute approximate surface area is 133 Å². The Morgan fingerprint density at radius 1 is 1.10 bits per heavy atom. The van der Waals surface area contributed by atoms with Crippen LogP contribution in [0.5, 0.6) is 0 Å². The predicted molar refractivity (Wildman–Crippen MR) is 91.6 cm³/mol. The first-order chi connectivity index (χ1) is 9.65. The minimum atomic E-state index is 0.180. The van der Waals surface area contributed by atoms with E-state index in [-0.39, 0.29) is 6.04 Å². The van der Waals surface area contributed by atoms with Crippen molar-refractivity contribution in [2.45, 2.75) is 19.5 Å². The van der Waals surface area contributed by atoms with E-state index in [0.717, 1.165) is 11.0 Å². The maximum absolute atomic E-state index is 5.32. The molecule has 20 heavy (non-hydrogen) atoms. The molecule has 0 heterocycles. The van der Waals surface area contributed by atoms with Crippen LogP contribution < -0.4 is 10.6 Å². The summed E-state index contributed by atoms with van der Waals surface area (Å²) in [6.07, 6.45) is 0. The van der Waals surface area contributed by atoms with Crippen molar-refractivity contribution in [3.8, 4) is 0 Å². The van der Waals surface area contributed by atoms with Gasteiger partial charge in [0.2, 0.25) is 0 Å². The lowest BCUT2D eigenvalue weighted by atomic mass is 10.1. The average Bonchev–Trinajstić information content (AvgIpc) is 2.47. The molecule has 0 bridgehead atoms. The Kier molecular flexibility index (Phi) is 5.56. The highest BCUT2D eigenvalue weighted by atomic mass is 79.9. The normalized spacial score (nSPS) is 11.7. The summed E-state index contributed by atoms with van der Waals surface area (Å²) in [6, 6.07) is 18.6. The standard InChI is InChI=1S/C16H17BrN2S/c1-12(14-7-9-15(17)10-8-14)19-16(20)18-11-13-5-3-2-4-6-13/h2-10,12H,11H2,1H3,(H2,18,19,20)/t12-/m0/s1. The van der Waals surface area contributed by atoms with Gasteiger partial charge in [-0.1, -0.05) is 58.4 Å². The molecular weight excluding hydrogens is 332 g/mol. The van der Waals surface area contributed by atoms with Crippen LogP contribution >= 0.6 is 28.1 Å². The number of benzene rings is 2. The SMILES string of the molecule is C[C@H](NC(=S)NCc1ccccc1)c1ccc(Br)cc1. The van der Waals surface area contributed by atoms with Crippen molar-refractivity contribution in [2.24, 2.45) is 0 Å². The number of nitrogens with one attached hydrogen (secondary N) is 2. The molecule has 0 aliphatic carbocycles. The fraction of sp³-hybridized carbons (Fsp3) is 0.188. The van der Waals surface area contributed by atoms with E-state index in [1.807, 2.05) is 30.3 Å². The van der Waals surface area contributed by atoms with Gasteiger partial charge < -0.3 is 10.6 Å². The molecule has 2 rings (SSSR count). The first kappa shape index (κ1) is 15.0. The summed E-state index contributed by atoms with van der Waals surface area (Å²) >= 11 is 8.76. The van der Waals surface area contributed by atoms with Gasteiger partial charge >= 0.3 is 0 Å². The van der Waals surface area contributed by atoms with Gasteiger partial charge in [-0.25, -0.2) is 0 Å².